The van der Waals surface area contributed by atoms with Crippen LogP contribution in [0, 0.1) is 0 Å². The molecule has 5 rings (SSSR count). The maximum atomic E-state index is 13.5. The molecule has 0 radical (unpaired) electrons. The maximum absolute atomic E-state index is 13.5. The molecule has 2 aliphatic heterocycles. The number of hydrogen-bond donors (Lipinski definition) is 1. The van der Waals surface area contributed by atoms with E-state index in [0.29, 0.717) is 33.9 Å². The molecule has 0 aromatic heterocycles. The van der Waals surface area contributed by atoms with Gasteiger partial charge in [0, 0.05) is 11.1 Å². The van der Waals surface area contributed by atoms with Crippen molar-refractivity contribution in [2.45, 2.75) is 18.3 Å². The number of carbonyl (C=O) groups excluding carboxylic acids is 1. The van der Waals surface area contributed by atoms with Crippen molar-refractivity contribution in [2.24, 2.45) is 0 Å². The molecule has 0 aliphatic carbocycles. The van der Waals surface area contributed by atoms with Gasteiger partial charge >= 0.3 is 6.18 Å². The zero-order valence-electron chi connectivity index (χ0n) is 16.0. The molecule has 0 saturated heterocycles. The number of fused-ring (bicyclic) bond motifs is 2. The van der Waals surface area contributed by atoms with E-state index in [1.54, 1.807) is 42.5 Å². The number of aliphatic hydroxyl groups is 1. The number of anilines is 1. The minimum atomic E-state index is -4.49. The van der Waals surface area contributed by atoms with Gasteiger partial charge < -0.3 is 19.5 Å². The number of amides is 1. The highest BCUT2D eigenvalue weighted by Crippen LogP contribution is 2.47. The number of para-hydroxylation sites is 1. The maximum Gasteiger partial charge on any atom is 0.416 e. The molecule has 1 N–H and O–H groups in total. The molecule has 0 fully saturated rings. The molecule has 1 unspecified atom stereocenters. The zero-order valence-corrected chi connectivity index (χ0v) is 16.0. The lowest BCUT2D eigenvalue weighted by atomic mass is 9.87. The third-order valence-corrected chi connectivity index (χ3v) is 5.52. The van der Waals surface area contributed by atoms with Crippen molar-refractivity contribution >= 4 is 11.6 Å². The average molecular weight is 427 g/mol. The molecule has 8 heteroatoms. The second-order valence-corrected chi connectivity index (χ2v) is 7.39. The summed E-state index contributed by atoms with van der Waals surface area (Å²) in [6.07, 6.45) is -4.49. The number of nitrogens with zero attached hydrogens (tertiary/aromatic N) is 1. The van der Waals surface area contributed by atoms with Crippen LogP contribution in [0.2, 0.25) is 0 Å². The summed E-state index contributed by atoms with van der Waals surface area (Å²) in [7, 11) is 0. The Morgan fingerprint density at radius 2 is 1.74 bits per heavy atom. The van der Waals surface area contributed by atoms with Gasteiger partial charge in [-0.05, 0) is 35.9 Å². The zero-order chi connectivity index (χ0) is 21.8. The lowest BCUT2D eigenvalue weighted by Gasteiger charge is -2.24. The Morgan fingerprint density at radius 1 is 0.968 bits per heavy atom. The van der Waals surface area contributed by atoms with Crippen molar-refractivity contribution in [3.05, 3.63) is 89.0 Å². The summed E-state index contributed by atoms with van der Waals surface area (Å²) in [5.41, 5.74) is -1.42. The van der Waals surface area contributed by atoms with Crippen LogP contribution in [0.15, 0.2) is 66.7 Å². The van der Waals surface area contributed by atoms with Gasteiger partial charge in [0.1, 0.15) is 0 Å². The summed E-state index contributed by atoms with van der Waals surface area (Å²) >= 11 is 0. The Hall–Kier alpha value is -3.52. The fourth-order valence-corrected chi connectivity index (χ4v) is 4.02. The van der Waals surface area contributed by atoms with Gasteiger partial charge in [0.05, 0.1) is 17.8 Å². The lowest BCUT2D eigenvalue weighted by Crippen LogP contribution is -2.40. The molecular weight excluding hydrogens is 411 g/mol. The number of ether oxygens (including phenoxy) is 2. The number of hydrogen-bond acceptors (Lipinski definition) is 4. The molecule has 0 bridgehead atoms. The van der Waals surface area contributed by atoms with Crippen LogP contribution in [-0.2, 0) is 23.1 Å². The second-order valence-electron chi connectivity index (χ2n) is 7.39. The molecular formula is C23H16F3NO4. The SMILES string of the molecule is O=C1N(Cc2cccc(C(F)(F)F)c2)c2ccccc2C1(O)c1ccc2c(c1)OCO2. The van der Waals surface area contributed by atoms with Crippen molar-refractivity contribution in [2.75, 3.05) is 11.7 Å². The molecule has 3 aromatic rings. The van der Waals surface area contributed by atoms with E-state index in [9.17, 15) is 23.1 Å². The van der Waals surface area contributed by atoms with E-state index in [4.69, 9.17) is 9.47 Å². The highest BCUT2D eigenvalue weighted by atomic mass is 19.4. The molecule has 2 heterocycles. The van der Waals surface area contributed by atoms with Crippen LogP contribution in [0.25, 0.3) is 0 Å². The summed E-state index contributed by atoms with van der Waals surface area (Å²) in [5, 5.41) is 11.6. The fourth-order valence-electron chi connectivity index (χ4n) is 4.02. The molecule has 1 atom stereocenters. The van der Waals surface area contributed by atoms with Crippen molar-refractivity contribution < 1.29 is 32.5 Å². The number of alkyl halides is 3. The highest BCUT2D eigenvalue weighted by molar-refractivity contribution is 6.09. The lowest BCUT2D eigenvalue weighted by molar-refractivity contribution is -0.137. The predicted molar refractivity (Wildman–Crippen MR) is 105 cm³/mol. The summed E-state index contributed by atoms with van der Waals surface area (Å²) in [6, 6.07) is 16.2. The van der Waals surface area contributed by atoms with E-state index in [0.717, 1.165) is 12.1 Å². The first kappa shape index (κ1) is 19.4. The van der Waals surface area contributed by atoms with Gasteiger partial charge in [0.15, 0.2) is 17.1 Å². The van der Waals surface area contributed by atoms with Gasteiger partial charge in [-0.25, -0.2) is 0 Å². The summed E-state index contributed by atoms with van der Waals surface area (Å²) < 4.78 is 50.0. The molecule has 0 spiro atoms. The van der Waals surface area contributed by atoms with E-state index in [-0.39, 0.29) is 13.3 Å². The Balaban J connectivity index is 1.56. The summed E-state index contributed by atoms with van der Waals surface area (Å²) in [5.74, 6) is 0.268. The molecule has 31 heavy (non-hydrogen) atoms. The van der Waals surface area contributed by atoms with Gasteiger partial charge in [-0.1, -0.05) is 36.4 Å². The van der Waals surface area contributed by atoms with E-state index >= 15 is 0 Å². The monoisotopic (exact) mass is 427 g/mol. The van der Waals surface area contributed by atoms with E-state index in [1.165, 1.54) is 17.0 Å². The molecule has 0 saturated carbocycles. The first-order valence-corrected chi connectivity index (χ1v) is 9.48. The Morgan fingerprint density at radius 3 is 2.55 bits per heavy atom. The average Bonchev–Trinajstić information content (AvgIpc) is 3.31. The van der Waals surface area contributed by atoms with Crippen LogP contribution in [0.4, 0.5) is 18.9 Å². The second kappa shape index (κ2) is 6.75. The minimum Gasteiger partial charge on any atom is -0.454 e. The molecule has 1 amide bonds. The van der Waals surface area contributed by atoms with Crippen molar-refractivity contribution in [3.8, 4) is 11.5 Å². The van der Waals surface area contributed by atoms with Gasteiger partial charge in [0.25, 0.3) is 5.91 Å². The van der Waals surface area contributed by atoms with Crippen LogP contribution >= 0.6 is 0 Å². The Kier molecular flexibility index (Phi) is 4.23. The highest BCUT2D eigenvalue weighted by Gasteiger charge is 2.51. The third kappa shape index (κ3) is 3.02. The van der Waals surface area contributed by atoms with Gasteiger partial charge in [-0.3, -0.25) is 4.79 Å². The Bertz CT molecular complexity index is 1190. The number of rotatable bonds is 3. The number of carbonyl (C=O) groups is 1. The normalized spacial score (nSPS) is 19.6. The molecule has 158 valence electrons. The van der Waals surface area contributed by atoms with Crippen molar-refractivity contribution in [1.82, 2.24) is 0 Å². The van der Waals surface area contributed by atoms with Gasteiger partial charge in [0.2, 0.25) is 6.79 Å². The summed E-state index contributed by atoms with van der Waals surface area (Å²) in [6.45, 7) is -0.0734. The van der Waals surface area contributed by atoms with Crippen LogP contribution in [0.3, 0.4) is 0 Å². The number of benzene rings is 3. The standard InChI is InChI=1S/C23H16F3NO4/c24-23(25,26)16-5-3-4-14(10-16)12-27-18-7-2-1-6-17(18)22(29,21(27)28)15-8-9-19-20(11-15)31-13-30-19/h1-11,29H,12-13H2. The van der Waals surface area contributed by atoms with Crippen LogP contribution in [0.1, 0.15) is 22.3 Å². The molecule has 2 aliphatic rings. The number of halogens is 3. The Labute approximate surface area is 175 Å². The van der Waals surface area contributed by atoms with Crippen molar-refractivity contribution in [3.63, 3.8) is 0 Å². The first-order chi connectivity index (χ1) is 14.8. The van der Waals surface area contributed by atoms with E-state index in [2.05, 4.69) is 0 Å². The fraction of sp³-hybridized carbons (Fsp3) is 0.174. The minimum absolute atomic E-state index is 0.0451. The quantitative estimate of drug-likeness (QED) is 0.680. The molecule has 3 aromatic carbocycles. The van der Waals surface area contributed by atoms with Crippen LogP contribution < -0.4 is 14.4 Å². The smallest absolute Gasteiger partial charge is 0.416 e. The van der Waals surface area contributed by atoms with Crippen molar-refractivity contribution in [1.29, 1.82) is 0 Å². The van der Waals surface area contributed by atoms with E-state index in [1.807, 2.05) is 0 Å². The van der Waals surface area contributed by atoms with Crippen LogP contribution in [-0.4, -0.2) is 17.8 Å². The van der Waals surface area contributed by atoms with Gasteiger partial charge in [-0.2, -0.15) is 13.2 Å². The largest absolute Gasteiger partial charge is 0.454 e. The third-order valence-electron chi connectivity index (χ3n) is 5.52. The predicted octanol–water partition coefficient (Wildman–Crippen LogP) is 4.22. The van der Waals surface area contributed by atoms with Gasteiger partial charge in [-0.15, -0.1) is 0 Å². The summed E-state index contributed by atoms with van der Waals surface area (Å²) in [4.78, 5) is 14.8. The first-order valence-electron chi connectivity index (χ1n) is 9.48. The van der Waals surface area contributed by atoms with Crippen LogP contribution in [0.5, 0.6) is 11.5 Å². The topological polar surface area (TPSA) is 59.0 Å². The van der Waals surface area contributed by atoms with E-state index < -0.39 is 23.2 Å². The molecule has 5 nitrogen and oxygen atoms in total.